The Morgan fingerprint density at radius 1 is 1.06 bits per heavy atom. The number of aromatic nitrogens is 3. The van der Waals surface area contributed by atoms with Crippen LogP contribution in [0.2, 0.25) is 0 Å². The van der Waals surface area contributed by atoms with Gasteiger partial charge in [0.2, 0.25) is 11.7 Å². The minimum atomic E-state index is -1.06. The SMILES string of the molecule is CC(=O)Nc1ccc(-n2nc(C(=O)N(CC(=O)O)C3CCCC3)nc2-c2ccccc2)cc1. The summed E-state index contributed by atoms with van der Waals surface area (Å²) in [4.78, 5) is 42.0. The standard InChI is InChI=1S/C24H25N5O4/c1-16(30)25-18-11-13-20(14-12-18)29-23(17-7-3-2-4-8-17)26-22(27-29)24(33)28(15-21(31)32)19-9-5-6-10-19/h2-4,7-8,11-14,19H,5-6,9-10,15H2,1H3,(H,25,30)(H,31,32). The van der Waals surface area contributed by atoms with Crippen LogP contribution < -0.4 is 5.32 Å². The second-order valence-electron chi connectivity index (χ2n) is 8.03. The van der Waals surface area contributed by atoms with Crippen LogP contribution in [0.3, 0.4) is 0 Å². The molecular formula is C24H25N5O4. The molecule has 1 aliphatic carbocycles. The maximum Gasteiger partial charge on any atom is 0.323 e. The Bertz CT molecular complexity index is 1150. The fourth-order valence-electron chi connectivity index (χ4n) is 4.10. The van der Waals surface area contributed by atoms with Crippen molar-refractivity contribution in [3.63, 3.8) is 0 Å². The summed E-state index contributed by atoms with van der Waals surface area (Å²) in [5.74, 6) is -1.31. The molecule has 0 aliphatic heterocycles. The molecule has 2 N–H and O–H groups in total. The van der Waals surface area contributed by atoms with E-state index in [1.54, 1.807) is 28.9 Å². The summed E-state index contributed by atoms with van der Waals surface area (Å²) in [6.07, 6.45) is 3.48. The van der Waals surface area contributed by atoms with E-state index in [9.17, 15) is 19.5 Å². The fourth-order valence-corrected chi connectivity index (χ4v) is 4.10. The first-order valence-corrected chi connectivity index (χ1v) is 10.9. The molecule has 1 aliphatic rings. The Labute approximate surface area is 191 Å². The normalized spacial score (nSPS) is 13.6. The van der Waals surface area contributed by atoms with E-state index < -0.39 is 11.9 Å². The van der Waals surface area contributed by atoms with E-state index in [1.807, 2.05) is 30.3 Å². The van der Waals surface area contributed by atoms with E-state index in [2.05, 4.69) is 15.4 Å². The van der Waals surface area contributed by atoms with Crippen molar-refractivity contribution < 1.29 is 19.5 Å². The van der Waals surface area contributed by atoms with Gasteiger partial charge in [0.05, 0.1) is 5.69 Å². The largest absolute Gasteiger partial charge is 0.480 e. The van der Waals surface area contributed by atoms with Gasteiger partial charge in [-0.05, 0) is 37.1 Å². The summed E-state index contributed by atoms with van der Waals surface area (Å²) < 4.78 is 1.56. The molecule has 1 heterocycles. The maximum absolute atomic E-state index is 13.3. The summed E-state index contributed by atoms with van der Waals surface area (Å²) in [6, 6.07) is 16.2. The number of nitrogens with one attached hydrogen (secondary N) is 1. The molecule has 0 atom stereocenters. The van der Waals surface area contributed by atoms with Gasteiger partial charge in [0.25, 0.3) is 5.91 Å². The van der Waals surface area contributed by atoms with Crippen molar-refractivity contribution in [2.24, 2.45) is 0 Å². The highest BCUT2D eigenvalue weighted by molar-refractivity contribution is 5.93. The van der Waals surface area contributed by atoms with Gasteiger partial charge in [-0.15, -0.1) is 5.10 Å². The number of carbonyl (C=O) groups is 3. The molecule has 0 radical (unpaired) electrons. The Hall–Kier alpha value is -4.01. The molecule has 2 aromatic carbocycles. The summed E-state index contributed by atoms with van der Waals surface area (Å²) in [7, 11) is 0. The Morgan fingerprint density at radius 3 is 2.33 bits per heavy atom. The molecule has 4 rings (SSSR count). The molecule has 9 nitrogen and oxygen atoms in total. The van der Waals surface area contributed by atoms with Crippen molar-refractivity contribution in [2.75, 3.05) is 11.9 Å². The quantitative estimate of drug-likeness (QED) is 0.574. The maximum atomic E-state index is 13.3. The van der Waals surface area contributed by atoms with Crippen molar-refractivity contribution in [2.45, 2.75) is 38.6 Å². The lowest BCUT2D eigenvalue weighted by Gasteiger charge is -2.26. The van der Waals surface area contributed by atoms with Gasteiger partial charge < -0.3 is 15.3 Å². The van der Waals surface area contributed by atoms with Crippen molar-refractivity contribution in [3.05, 3.63) is 60.4 Å². The Kier molecular flexibility index (Phi) is 6.48. The van der Waals surface area contributed by atoms with Gasteiger partial charge in [0.15, 0.2) is 5.82 Å². The van der Waals surface area contributed by atoms with E-state index in [4.69, 9.17) is 0 Å². The first-order valence-electron chi connectivity index (χ1n) is 10.9. The van der Waals surface area contributed by atoms with E-state index in [1.165, 1.54) is 11.8 Å². The van der Waals surface area contributed by atoms with Gasteiger partial charge in [-0.25, -0.2) is 9.67 Å². The van der Waals surface area contributed by atoms with Crippen LogP contribution >= 0.6 is 0 Å². The van der Waals surface area contributed by atoms with E-state index in [-0.39, 0.29) is 24.3 Å². The third-order valence-corrected chi connectivity index (χ3v) is 5.59. The number of hydrogen-bond acceptors (Lipinski definition) is 5. The number of carboxylic acids is 1. The number of rotatable bonds is 7. The number of aliphatic carboxylic acids is 1. The fraction of sp³-hybridized carbons (Fsp3) is 0.292. The van der Waals surface area contributed by atoms with Gasteiger partial charge in [0, 0.05) is 24.2 Å². The minimum absolute atomic E-state index is 0.0482. The molecule has 1 aromatic heterocycles. The van der Waals surface area contributed by atoms with Crippen LogP contribution in [0.1, 0.15) is 43.2 Å². The molecule has 33 heavy (non-hydrogen) atoms. The molecule has 0 unspecified atom stereocenters. The molecule has 1 fully saturated rings. The average molecular weight is 447 g/mol. The zero-order chi connectivity index (χ0) is 23.4. The van der Waals surface area contributed by atoms with Crippen LogP contribution in [0.5, 0.6) is 0 Å². The Morgan fingerprint density at radius 2 is 1.73 bits per heavy atom. The second-order valence-corrected chi connectivity index (χ2v) is 8.03. The van der Waals surface area contributed by atoms with Crippen LogP contribution in [-0.2, 0) is 9.59 Å². The molecule has 3 aromatic rings. The number of anilines is 1. The first kappa shape index (κ1) is 22.2. The number of hydrogen-bond donors (Lipinski definition) is 2. The lowest BCUT2D eigenvalue weighted by atomic mass is 10.2. The average Bonchev–Trinajstić information content (AvgIpc) is 3.48. The van der Waals surface area contributed by atoms with Gasteiger partial charge in [-0.2, -0.15) is 0 Å². The predicted octanol–water partition coefficient (Wildman–Crippen LogP) is 3.36. The van der Waals surface area contributed by atoms with Gasteiger partial charge in [-0.1, -0.05) is 43.2 Å². The van der Waals surface area contributed by atoms with Crippen LogP contribution in [0.15, 0.2) is 54.6 Å². The molecule has 0 saturated heterocycles. The number of amides is 2. The van der Waals surface area contributed by atoms with E-state index in [0.717, 1.165) is 31.2 Å². The topological polar surface area (TPSA) is 117 Å². The smallest absolute Gasteiger partial charge is 0.323 e. The van der Waals surface area contributed by atoms with Crippen molar-refractivity contribution in [1.82, 2.24) is 19.7 Å². The van der Waals surface area contributed by atoms with Crippen molar-refractivity contribution in [1.29, 1.82) is 0 Å². The monoisotopic (exact) mass is 447 g/mol. The Balaban J connectivity index is 1.74. The highest BCUT2D eigenvalue weighted by Gasteiger charge is 2.32. The molecule has 170 valence electrons. The number of nitrogens with zero attached hydrogens (tertiary/aromatic N) is 4. The molecule has 0 bridgehead atoms. The summed E-state index contributed by atoms with van der Waals surface area (Å²) in [5.41, 5.74) is 2.05. The highest BCUT2D eigenvalue weighted by Crippen LogP contribution is 2.26. The van der Waals surface area contributed by atoms with E-state index in [0.29, 0.717) is 17.2 Å². The van der Waals surface area contributed by atoms with Crippen LogP contribution in [0.4, 0.5) is 5.69 Å². The summed E-state index contributed by atoms with van der Waals surface area (Å²) >= 11 is 0. The minimum Gasteiger partial charge on any atom is -0.480 e. The lowest BCUT2D eigenvalue weighted by molar-refractivity contribution is -0.138. The lowest BCUT2D eigenvalue weighted by Crippen LogP contribution is -2.42. The molecule has 9 heteroatoms. The molecule has 0 spiro atoms. The summed E-state index contributed by atoms with van der Waals surface area (Å²) in [6.45, 7) is 1.05. The van der Waals surface area contributed by atoms with Crippen LogP contribution in [-0.4, -0.2) is 55.1 Å². The predicted molar refractivity (Wildman–Crippen MR) is 122 cm³/mol. The molecular weight excluding hydrogens is 422 g/mol. The van der Waals surface area contributed by atoms with E-state index >= 15 is 0 Å². The zero-order valence-corrected chi connectivity index (χ0v) is 18.3. The third-order valence-electron chi connectivity index (χ3n) is 5.59. The third kappa shape index (κ3) is 5.08. The second kappa shape index (κ2) is 9.64. The molecule has 2 amide bonds. The van der Waals surface area contributed by atoms with Crippen molar-refractivity contribution in [3.8, 4) is 17.1 Å². The number of carbonyl (C=O) groups excluding carboxylic acids is 2. The van der Waals surface area contributed by atoms with Gasteiger partial charge in [-0.3, -0.25) is 14.4 Å². The number of benzene rings is 2. The molecule has 1 saturated carbocycles. The number of carboxylic acid groups (broad SMARTS) is 1. The highest BCUT2D eigenvalue weighted by atomic mass is 16.4. The van der Waals surface area contributed by atoms with Crippen molar-refractivity contribution >= 4 is 23.5 Å². The zero-order valence-electron chi connectivity index (χ0n) is 18.3. The van der Waals surface area contributed by atoms with Gasteiger partial charge >= 0.3 is 5.97 Å². The first-order chi connectivity index (χ1) is 15.9. The van der Waals surface area contributed by atoms with Gasteiger partial charge in [0.1, 0.15) is 6.54 Å². The van der Waals surface area contributed by atoms with Crippen LogP contribution in [0.25, 0.3) is 17.1 Å². The summed E-state index contributed by atoms with van der Waals surface area (Å²) in [5, 5.41) is 16.6. The van der Waals surface area contributed by atoms with Crippen LogP contribution in [0, 0.1) is 0 Å².